The van der Waals surface area contributed by atoms with E-state index >= 15 is 0 Å². The molecule has 0 aliphatic heterocycles. The molecule has 0 aliphatic carbocycles. The zero-order valence-corrected chi connectivity index (χ0v) is 8.33. The van der Waals surface area contributed by atoms with E-state index in [4.69, 9.17) is 5.73 Å². The van der Waals surface area contributed by atoms with Crippen molar-refractivity contribution in [3.05, 3.63) is 18.0 Å². The third-order valence-electron chi connectivity index (χ3n) is 1.76. The number of hydrogen-bond donors (Lipinski definition) is 2. The summed E-state index contributed by atoms with van der Waals surface area (Å²) in [6, 6.07) is 0. The Morgan fingerprint density at radius 2 is 2.31 bits per heavy atom. The van der Waals surface area contributed by atoms with Crippen LogP contribution < -0.4 is 5.73 Å². The number of nitrogens with two attached hydrogens (primary N) is 1. The largest absolute Gasteiger partial charge is 0.387 e. The second kappa shape index (κ2) is 3.60. The van der Waals surface area contributed by atoms with Gasteiger partial charge < -0.3 is 5.73 Å². The van der Waals surface area contributed by atoms with Gasteiger partial charge in [0.2, 0.25) is 0 Å². The number of nitrogens with zero attached hydrogens (tertiary/aromatic N) is 2. The molecular formula is C9H16N4. The smallest absolute Gasteiger partial charge is 0.0995 e. The van der Waals surface area contributed by atoms with Crippen molar-refractivity contribution < 1.29 is 0 Å². The zero-order chi connectivity index (χ0) is 9.90. The van der Waals surface area contributed by atoms with Gasteiger partial charge in [0.15, 0.2) is 0 Å². The fourth-order valence-corrected chi connectivity index (χ4v) is 0.778. The molecule has 0 saturated heterocycles. The van der Waals surface area contributed by atoms with Crippen molar-refractivity contribution >= 4 is 5.84 Å². The highest BCUT2D eigenvalue weighted by molar-refractivity contribution is 5.85. The lowest BCUT2D eigenvalue weighted by Crippen LogP contribution is -2.28. The fourth-order valence-electron chi connectivity index (χ4n) is 0.778. The highest BCUT2D eigenvalue weighted by atomic mass is 15.1. The summed E-state index contributed by atoms with van der Waals surface area (Å²) >= 11 is 0. The summed E-state index contributed by atoms with van der Waals surface area (Å²) < 4.78 is 0. The maximum absolute atomic E-state index is 5.79. The Bertz CT molecular complexity index is 279. The first-order valence-electron chi connectivity index (χ1n) is 4.28. The molecule has 3 N–H and O–H groups in total. The van der Waals surface area contributed by atoms with E-state index in [2.05, 4.69) is 15.2 Å². The topological polar surface area (TPSA) is 67.1 Å². The van der Waals surface area contributed by atoms with E-state index in [9.17, 15) is 0 Å². The molecule has 72 valence electrons. The fraction of sp³-hybridized carbons (Fsp3) is 0.556. The Balaban J connectivity index is 2.59. The third kappa shape index (κ3) is 2.89. The molecule has 1 heterocycles. The van der Waals surface area contributed by atoms with E-state index in [1.54, 1.807) is 6.20 Å². The summed E-state index contributed by atoms with van der Waals surface area (Å²) in [5, 5.41) is 6.56. The standard InChI is InChI=1S/C9H16N4/c1-9(2,3)8(10)11-4-7-5-12-13-6-7/h5-6H,4H2,1-3H3,(H2,10,11)(H,12,13). The molecule has 0 unspecified atom stereocenters. The van der Waals surface area contributed by atoms with Gasteiger partial charge in [-0.3, -0.25) is 10.1 Å². The van der Waals surface area contributed by atoms with Gasteiger partial charge in [0.05, 0.1) is 18.6 Å². The monoisotopic (exact) mass is 180 g/mol. The molecule has 0 radical (unpaired) electrons. The number of rotatable bonds is 2. The lowest BCUT2D eigenvalue weighted by molar-refractivity contribution is 0.581. The number of aliphatic imine (C=N–C) groups is 1. The molecule has 1 aromatic heterocycles. The average Bonchev–Trinajstić information content (AvgIpc) is 2.50. The molecule has 1 aromatic rings. The van der Waals surface area contributed by atoms with Crippen LogP contribution in [0.1, 0.15) is 26.3 Å². The van der Waals surface area contributed by atoms with Crippen LogP contribution in [0.2, 0.25) is 0 Å². The first-order chi connectivity index (χ1) is 6.00. The van der Waals surface area contributed by atoms with Crippen molar-refractivity contribution in [3.63, 3.8) is 0 Å². The molecule has 0 aromatic carbocycles. The molecule has 4 nitrogen and oxygen atoms in total. The summed E-state index contributed by atoms with van der Waals surface area (Å²) in [5.41, 5.74) is 6.78. The molecule has 0 fully saturated rings. The molecule has 13 heavy (non-hydrogen) atoms. The summed E-state index contributed by atoms with van der Waals surface area (Å²) in [6.07, 6.45) is 3.57. The van der Waals surface area contributed by atoms with Crippen LogP contribution in [-0.2, 0) is 6.54 Å². The first kappa shape index (κ1) is 9.77. The molecule has 0 bridgehead atoms. The van der Waals surface area contributed by atoms with E-state index in [-0.39, 0.29) is 5.41 Å². The Morgan fingerprint density at radius 3 is 2.77 bits per heavy atom. The van der Waals surface area contributed by atoms with Crippen molar-refractivity contribution in [2.45, 2.75) is 27.3 Å². The molecule has 0 atom stereocenters. The van der Waals surface area contributed by atoms with Crippen LogP contribution in [0, 0.1) is 5.41 Å². The maximum Gasteiger partial charge on any atom is 0.0995 e. The number of nitrogens with one attached hydrogen (secondary N) is 1. The van der Waals surface area contributed by atoms with Gasteiger partial charge in [0, 0.05) is 17.2 Å². The minimum absolute atomic E-state index is 0.0518. The number of hydrogen-bond acceptors (Lipinski definition) is 2. The summed E-state index contributed by atoms with van der Waals surface area (Å²) in [6.45, 7) is 6.73. The van der Waals surface area contributed by atoms with Gasteiger partial charge in [0.25, 0.3) is 0 Å². The highest BCUT2D eigenvalue weighted by Crippen LogP contribution is 2.13. The molecule has 1 rings (SSSR count). The lowest BCUT2D eigenvalue weighted by atomic mass is 9.95. The second-order valence-corrected chi connectivity index (χ2v) is 4.06. The Kier molecular flexibility index (Phi) is 2.70. The maximum atomic E-state index is 5.79. The van der Waals surface area contributed by atoms with Gasteiger partial charge in [-0.05, 0) is 0 Å². The Morgan fingerprint density at radius 1 is 1.62 bits per heavy atom. The Labute approximate surface area is 78.3 Å². The molecule has 0 amide bonds. The van der Waals surface area contributed by atoms with Crippen LogP contribution >= 0.6 is 0 Å². The predicted octanol–water partition coefficient (Wildman–Crippen LogP) is 1.31. The van der Waals surface area contributed by atoms with Crippen LogP contribution in [-0.4, -0.2) is 16.0 Å². The van der Waals surface area contributed by atoms with Crippen LogP contribution in [0.15, 0.2) is 17.4 Å². The van der Waals surface area contributed by atoms with Crippen molar-refractivity contribution in [2.24, 2.45) is 16.1 Å². The van der Waals surface area contributed by atoms with Gasteiger partial charge >= 0.3 is 0 Å². The van der Waals surface area contributed by atoms with Gasteiger partial charge in [-0.2, -0.15) is 5.10 Å². The van der Waals surface area contributed by atoms with E-state index in [0.717, 1.165) is 5.56 Å². The minimum Gasteiger partial charge on any atom is -0.387 e. The summed E-state index contributed by atoms with van der Waals surface area (Å²) in [4.78, 5) is 4.27. The quantitative estimate of drug-likeness (QED) is 0.532. The van der Waals surface area contributed by atoms with Gasteiger partial charge in [-0.15, -0.1) is 0 Å². The van der Waals surface area contributed by atoms with E-state index < -0.39 is 0 Å². The number of H-pyrrole nitrogens is 1. The number of amidine groups is 1. The van der Waals surface area contributed by atoms with Gasteiger partial charge in [-0.1, -0.05) is 20.8 Å². The number of aromatic nitrogens is 2. The molecule has 4 heteroatoms. The molecule has 0 spiro atoms. The van der Waals surface area contributed by atoms with E-state index in [1.807, 2.05) is 27.0 Å². The van der Waals surface area contributed by atoms with Crippen LogP contribution in [0.25, 0.3) is 0 Å². The van der Waals surface area contributed by atoms with Crippen molar-refractivity contribution in [1.29, 1.82) is 0 Å². The van der Waals surface area contributed by atoms with E-state index in [1.165, 1.54) is 0 Å². The first-order valence-corrected chi connectivity index (χ1v) is 4.28. The summed E-state index contributed by atoms with van der Waals surface area (Å²) in [5.74, 6) is 0.675. The van der Waals surface area contributed by atoms with Gasteiger partial charge in [-0.25, -0.2) is 0 Å². The Hall–Kier alpha value is -1.32. The number of aromatic amines is 1. The van der Waals surface area contributed by atoms with Crippen molar-refractivity contribution in [3.8, 4) is 0 Å². The summed E-state index contributed by atoms with van der Waals surface area (Å²) in [7, 11) is 0. The van der Waals surface area contributed by atoms with Gasteiger partial charge in [0.1, 0.15) is 0 Å². The van der Waals surface area contributed by atoms with Crippen molar-refractivity contribution in [1.82, 2.24) is 10.2 Å². The predicted molar refractivity (Wildman–Crippen MR) is 53.4 cm³/mol. The second-order valence-electron chi connectivity index (χ2n) is 4.06. The van der Waals surface area contributed by atoms with Crippen LogP contribution in [0.4, 0.5) is 0 Å². The third-order valence-corrected chi connectivity index (χ3v) is 1.76. The molecular weight excluding hydrogens is 164 g/mol. The lowest BCUT2D eigenvalue weighted by Gasteiger charge is -2.16. The average molecular weight is 180 g/mol. The molecule has 0 saturated carbocycles. The van der Waals surface area contributed by atoms with Crippen LogP contribution in [0.5, 0.6) is 0 Å². The normalized spacial score (nSPS) is 13.3. The molecule has 0 aliphatic rings. The minimum atomic E-state index is -0.0518. The zero-order valence-electron chi connectivity index (χ0n) is 8.33. The highest BCUT2D eigenvalue weighted by Gasteiger charge is 2.14. The van der Waals surface area contributed by atoms with E-state index in [0.29, 0.717) is 12.4 Å². The SMILES string of the molecule is CC(C)(C)C(N)=NCc1cn[nH]c1. The van der Waals surface area contributed by atoms with Crippen LogP contribution in [0.3, 0.4) is 0 Å². The van der Waals surface area contributed by atoms with Crippen molar-refractivity contribution in [2.75, 3.05) is 0 Å².